The molecule has 3 N–H and O–H groups in total. The minimum Gasteiger partial charge on any atom is -0.460 e. The van der Waals surface area contributed by atoms with Gasteiger partial charge in [0.2, 0.25) is 0 Å². The lowest BCUT2D eigenvalue weighted by atomic mass is 10.1. The summed E-state index contributed by atoms with van der Waals surface area (Å²) in [6.45, 7) is 4.80. The average molecular weight is 463 g/mol. The van der Waals surface area contributed by atoms with E-state index in [0.29, 0.717) is 58.2 Å². The second kappa shape index (κ2) is 8.49. The average Bonchev–Trinajstić information content (AvgIpc) is 3.60. The zero-order valence-corrected chi connectivity index (χ0v) is 19.2. The maximum atomic E-state index is 13.2. The third kappa shape index (κ3) is 3.58. The number of likely N-dealkylation sites (tertiary alicyclic amines) is 1. The first kappa shape index (κ1) is 22.0. The maximum absolute atomic E-state index is 13.2. The number of morpholine rings is 1. The summed E-state index contributed by atoms with van der Waals surface area (Å²) >= 11 is 0. The second-order valence-electron chi connectivity index (χ2n) is 8.57. The van der Waals surface area contributed by atoms with Crippen LogP contribution in [0.15, 0.2) is 34.9 Å². The van der Waals surface area contributed by atoms with Gasteiger partial charge in [-0.25, -0.2) is 0 Å². The molecular formula is C25H26N4O5. The molecule has 4 heterocycles. The van der Waals surface area contributed by atoms with Crippen molar-refractivity contribution in [1.82, 2.24) is 15.2 Å². The lowest BCUT2D eigenvalue weighted by molar-refractivity contribution is 0.0259. The van der Waals surface area contributed by atoms with Gasteiger partial charge < -0.3 is 34.5 Å². The van der Waals surface area contributed by atoms with E-state index in [0.717, 1.165) is 18.2 Å². The molecule has 2 aliphatic rings. The van der Waals surface area contributed by atoms with E-state index in [2.05, 4.69) is 10.3 Å². The van der Waals surface area contributed by atoms with Crippen molar-refractivity contribution in [3.63, 3.8) is 0 Å². The number of fused-ring (bicyclic) bond motifs is 3. The van der Waals surface area contributed by atoms with E-state index >= 15 is 0 Å². The van der Waals surface area contributed by atoms with Gasteiger partial charge in [0, 0.05) is 43.5 Å². The second-order valence-corrected chi connectivity index (χ2v) is 8.57. The van der Waals surface area contributed by atoms with Crippen molar-refractivity contribution in [2.45, 2.75) is 32.4 Å². The largest absolute Gasteiger partial charge is 0.460 e. The number of aryl methyl sites for hydroxylation is 1. The van der Waals surface area contributed by atoms with E-state index in [4.69, 9.17) is 19.3 Å². The van der Waals surface area contributed by atoms with Crippen LogP contribution in [0.2, 0.25) is 0 Å². The zero-order valence-electron chi connectivity index (χ0n) is 19.2. The summed E-state index contributed by atoms with van der Waals surface area (Å²) in [5.41, 5.74) is 2.96. The number of H-pyrrole nitrogens is 1. The summed E-state index contributed by atoms with van der Waals surface area (Å²) in [6.07, 6.45) is 5.36. The zero-order chi connectivity index (χ0) is 24.0. The van der Waals surface area contributed by atoms with Crippen LogP contribution in [0.3, 0.4) is 0 Å². The number of rotatable bonds is 6. The number of nitrogens with zero attached hydrogens (tertiary/aromatic N) is 1. The predicted molar refractivity (Wildman–Crippen MR) is 126 cm³/mol. The normalized spacial score (nSPS) is 19.6. The van der Waals surface area contributed by atoms with Crippen LogP contribution in [0.1, 0.15) is 44.2 Å². The van der Waals surface area contributed by atoms with Gasteiger partial charge in [0.25, 0.3) is 11.8 Å². The summed E-state index contributed by atoms with van der Waals surface area (Å²) in [6, 6.07) is 5.35. The van der Waals surface area contributed by atoms with E-state index in [9.17, 15) is 9.59 Å². The molecule has 0 saturated carbocycles. The van der Waals surface area contributed by atoms with Crippen LogP contribution >= 0.6 is 0 Å². The van der Waals surface area contributed by atoms with E-state index < -0.39 is 0 Å². The van der Waals surface area contributed by atoms with Gasteiger partial charge in [-0.15, -0.1) is 0 Å². The molecule has 2 fully saturated rings. The number of ether oxygens (including phenoxy) is 2. The van der Waals surface area contributed by atoms with E-state index in [-0.39, 0.29) is 24.0 Å². The smallest absolute Gasteiger partial charge is 0.256 e. The predicted octanol–water partition coefficient (Wildman–Crippen LogP) is 3.42. The molecule has 9 nitrogen and oxygen atoms in total. The number of hydrogen-bond acceptors (Lipinski definition) is 6. The van der Waals surface area contributed by atoms with E-state index in [1.54, 1.807) is 38.4 Å². The molecule has 2 atom stereocenters. The monoisotopic (exact) mass is 462 g/mol. The van der Waals surface area contributed by atoms with Crippen molar-refractivity contribution in [3.8, 4) is 5.75 Å². The molecule has 2 amide bonds. The van der Waals surface area contributed by atoms with Gasteiger partial charge in [0.1, 0.15) is 17.1 Å². The number of furan rings is 1. The Balaban J connectivity index is 1.42. The van der Waals surface area contributed by atoms with Crippen molar-refractivity contribution in [3.05, 3.63) is 58.6 Å². The van der Waals surface area contributed by atoms with Crippen molar-refractivity contribution >= 4 is 34.8 Å². The van der Waals surface area contributed by atoms with Crippen LogP contribution in [0, 0.1) is 19.3 Å². The first-order chi connectivity index (χ1) is 16.4. The fourth-order valence-corrected chi connectivity index (χ4v) is 4.82. The molecule has 0 radical (unpaired) electrons. The topological polar surface area (TPSA) is 121 Å². The molecule has 2 bridgehead atoms. The lowest BCUT2D eigenvalue weighted by Crippen LogP contribution is -2.41. The van der Waals surface area contributed by atoms with Gasteiger partial charge in [-0.1, -0.05) is 0 Å². The fraction of sp³-hybridized carbons (Fsp3) is 0.320. The Morgan fingerprint density at radius 1 is 1.32 bits per heavy atom. The van der Waals surface area contributed by atoms with Gasteiger partial charge in [-0.05, 0) is 38.0 Å². The van der Waals surface area contributed by atoms with Gasteiger partial charge in [-0.3, -0.25) is 9.59 Å². The molecule has 2 unspecified atom stereocenters. The Labute approximate surface area is 196 Å². The van der Waals surface area contributed by atoms with Crippen LogP contribution < -0.4 is 10.1 Å². The molecule has 5 rings (SSSR count). The first-order valence-electron chi connectivity index (χ1n) is 11.2. The molecular weight excluding hydrogens is 436 g/mol. The van der Waals surface area contributed by atoms with Crippen molar-refractivity contribution in [1.29, 1.82) is 5.41 Å². The number of benzene rings is 1. The van der Waals surface area contributed by atoms with Gasteiger partial charge in [-0.2, -0.15) is 0 Å². The molecule has 9 heteroatoms. The molecule has 3 aromatic rings. The maximum Gasteiger partial charge on any atom is 0.256 e. The molecule has 0 spiro atoms. The Morgan fingerprint density at radius 2 is 2.15 bits per heavy atom. The molecule has 0 aliphatic carbocycles. The van der Waals surface area contributed by atoms with Crippen molar-refractivity contribution in [2.24, 2.45) is 0 Å². The SMILES string of the molecule is CNC(=O)c1c(C)oc2cc(O/C(=C/C=N)c3[nH]cc(C(=O)N4CC5CC4CO5)c3C)ccc12. The molecule has 2 aliphatic heterocycles. The number of amides is 2. The number of allylic oxidation sites excluding steroid dienone is 1. The van der Waals surface area contributed by atoms with Gasteiger partial charge in [0.05, 0.1) is 35.6 Å². The Morgan fingerprint density at radius 3 is 2.82 bits per heavy atom. The number of aromatic amines is 1. The summed E-state index contributed by atoms with van der Waals surface area (Å²) < 4.78 is 17.5. The minimum absolute atomic E-state index is 0.0285. The van der Waals surface area contributed by atoms with Crippen molar-refractivity contribution in [2.75, 3.05) is 20.2 Å². The highest BCUT2D eigenvalue weighted by Crippen LogP contribution is 2.33. The number of carbonyl (C=O) groups excluding carboxylic acids is 2. The van der Waals surface area contributed by atoms with Gasteiger partial charge in [0.15, 0.2) is 5.76 Å². The van der Waals surface area contributed by atoms with Crippen LogP contribution in [0.25, 0.3) is 16.7 Å². The number of carbonyl (C=O) groups is 2. The molecule has 2 saturated heterocycles. The summed E-state index contributed by atoms with van der Waals surface area (Å²) in [7, 11) is 1.58. The molecule has 34 heavy (non-hydrogen) atoms. The number of aromatic nitrogens is 1. The Kier molecular flexibility index (Phi) is 5.49. The minimum atomic E-state index is -0.216. The Bertz CT molecular complexity index is 1330. The van der Waals surface area contributed by atoms with E-state index in [1.165, 1.54) is 6.08 Å². The van der Waals surface area contributed by atoms with Crippen LogP contribution in [0.5, 0.6) is 5.75 Å². The highest BCUT2D eigenvalue weighted by atomic mass is 16.5. The number of hydrogen-bond donors (Lipinski definition) is 3. The summed E-state index contributed by atoms with van der Waals surface area (Å²) in [4.78, 5) is 30.4. The third-order valence-corrected chi connectivity index (χ3v) is 6.53. The molecule has 1 aromatic carbocycles. The molecule has 2 aromatic heterocycles. The van der Waals surface area contributed by atoms with Crippen LogP contribution in [-0.4, -0.2) is 60.3 Å². The van der Waals surface area contributed by atoms with Crippen LogP contribution in [0.4, 0.5) is 0 Å². The summed E-state index contributed by atoms with van der Waals surface area (Å²) in [5, 5.41) is 10.9. The highest BCUT2D eigenvalue weighted by Gasteiger charge is 2.42. The van der Waals surface area contributed by atoms with Crippen molar-refractivity contribution < 1.29 is 23.5 Å². The van der Waals surface area contributed by atoms with E-state index in [1.807, 2.05) is 11.8 Å². The quantitative estimate of drug-likeness (QED) is 0.383. The molecule has 176 valence electrons. The standard InChI is InChI=1S/C25H26N4O5/c1-13-19(25(31)29-11-17-8-15(29)12-32-17)10-28-23(13)20(6-7-26)34-16-4-5-18-21(9-16)33-14(2)22(18)24(30)27-3/h4-7,9-10,15,17,26,28H,8,11-12H2,1-3H3,(H,27,30)/b20-6+,26-7?. The van der Waals surface area contributed by atoms with Crippen LogP contribution in [-0.2, 0) is 4.74 Å². The fourth-order valence-electron chi connectivity index (χ4n) is 4.82. The first-order valence-corrected chi connectivity index (χ1v) is 11.2. The summed E-state index contributed by atoms with van der Waals surface area (Å²) in [5.74, 6) is 1.15. The Hall–Kier alpha value is -3.85. The number of nitrogens with one attached hydrogen (secondary N) is 3. The van der Waals surface area contributed by atoms with Gasteiger partial charge >= 0.3 is 0 Å². The lowest BCUT2D eigenvalue weighted by Gasteiger charge is -2.26. The highest BCUT2D eigenvalue weighted by molar-refractivity contribution is 6.07. The third-order valence-electron chi connectivity index (χ3n) is 6.53.